The molecule has 0 aliphatic heterocycles. The number of nitrogens with two attached hydrogens (primary N) is 2. The van der Waals surface area contributed by atoms with E-state index in [2.05, 4.69) is 41.5 Å². The second-order valence-corrected chi connectivity index (χ2v) is 10.9. The molecule has 2 amide bonds. The molecule has 0 bridgehead atoms. The van der Waals surface area contributed by atoms with E-state index in [0.29, 0.717) is 53.5 Å². The Morgan fingerprint density at radius 1 is 1.08 bits per heavy atom. The van der Waals surface area contributed by atoms with Crippen LogP contribution in [0.3, 0.4) is 0 Å². The number of rotatable bonds is 6. The number of primary amides is 1. The fourth-order valence-corrected chi connectivity index (χ4v) is 5.53. The lowest BCUT2D eigenvalue weighted by Gasteiger charge is -2.17. The van der Waals surface area contributed by atoms with E-state index >= 15 is 0 Å². The fraction of sp³-hybridized carbons (Fsp3) is 0.0400. The van der Waals surface area contributed by atoms with Gasteiger partial charge in [0, 0.05) is 22.3 Å². The van der Waals surface area contributed by atoms with E-state index < -0.39 is 11.8 Å². The molecule has 0 aliphatic rings. The van der Waals surface area contributed by atoms with Crippen molar-refractivity contribution in [2.75, 3.05) is 11.1 Å². The van der Waals surface area contributed by atoms with Crippen molar-refractivity contribution in [3.63, 3.8) is 0 Å². The van der Waals surface area contributed by atoms with Gasteiger partial charge < -0.3 is 16.8 Å². The topological polar surface area (TPSA) is 155 Å². The Balaban J connectivity index is 1.69. The van der Waals surface area contributed by atoms with Crippen molar-refractivity contribution in [1.82, 2.24) is 25.0 Å². The Labute approximate surface area is 244 Å². The number of amides is 2. The van der Waals surface area contributed by atoms with E-state index in [1.807, 2.05) is 0 Å². The lowest BCUT2D eigenvalue weighted by atomic mass is 9.96. The third kappa shape index (κ3) is 5.23. The minimum atomic E-state index is -0.784. The Morgan fingerprint density at radius 3 is 2.56 bits per heavy atom. The zero-order valence-electron chi connectivity index (χ0n) is 19.9. The number of carbonyl (C=O) groups is 2. The molecule has 3 aromatic heterocycles. The van der Waals surface area contributed by atoms with E-state index in [0.717, 1.165) is 11.3 Å². The number of carbonyl (C=O) groups excluding carboxylic acids is 2. The summed E-state index contributed by atoms with van der Waals surface area (Å²) in [4.78, 5) is 30.8. The summed E-state index contributed by atoms with van der Waals surface area (Å²) in [6.45, 7) is 1.78. The maximum absolute atomic E-state index is 14.0. The van der Waals surface area contributed by atoms with Gasteiger partial charge in [-0.05, 0) is 64.8 Å². The highest BCUT2D eigenvalue weighted by Gasteiger charge is 2.26. The number of nitrogen functional groups attached to an aromatic ring is 1. The molecule has 196 valence electrons. The highest BCUT2D eigenvalue weighted by molar-refractivity contribution is 9.10. The number of aryl methyl sites for hydroxylation is 1. The van der Waals surface area contributed by atoms with Gasteiger partial charge in [-0.1, -0.05) is 46.7 Å². The Hall–Kier alpha value is -3.84. The summed E-state index contributed by atoms with van der Waals surface area (Å²) in [5, 5.41) is 16.8. The molecule has 0 unspecified atom stereocenters. The number of halogens is 3. The summed E-state index contributed by atoms with van der Waals surface area (Å²) >= 11 is 17.3. The van der Waals surface area contributed by atoms with Gasteiger partial charge in [0.15, 0.2) is 10.8 Å². The van der Waals surface area contributed by atoms with Crippen molar-refractivity contribution < 1.29 is 9.59 Å². The van der Waals surface area contributed by atoms with Crippen LogP contribution in [0, 0.1) is 6.92 Å². The smallest absolute Gasteiger partial charge is 0.257 e. The van der Waals surface area contributed by atoms with Gasteiger partial charge in [-0.2, -0.15) is 5.10 Å². The molecule has 0 aliphatic carbocycles. The van der Waals surface area contributed by atoms with Crippen molar-refractivity contribution in [2.24, 2.45) is 5.73 Å². The van der Waals surface area contributed by atoms with E-state index in [1.165, 1.54) is 10.7 Å². The molecule has 0 spiro atoms. The number of aromatic nitrogens is 5. The molecular formula is C25H17BrCl2N8O2S. The van der Waals surface area contributed by atoms with Gasteiger partial charge in [0.1, 0.15) is 4.60 Å². The third-order valence-electron chi connectivity index (χ3n) is 5.66. The predicted octanol–water partition coefficient (Wildman–Crippen LogP) is 5.76. The Bertz CT molecular complexity index is 1770. The molecule has 2 aromatic carbocycles. The van der Waals surface area contributed by atoms with Gasteiger partial charge in [0.05, 0.1) is 27.5 Å². The van der Waals surface area contributed by atoms with Crippen LogP contribution in [0.15, 0.2) is 59.3 Å². The molecule has 3 heterocycles. The van der Waals surface area contributed by atoms with E-state index in [-0.39, 0.29) is 16.3 Å². The molecule has 0 saturated heterocycles. The SMILES string of the molecule is Cc1cc(Cl)cc(-c2nnc(N)s2)c1NC(=O)c1c(C(N)=O)cccc1-c1cc(Br)nn1-c1ncccc1Cl. The van der Waals surface area contributed by atoms with Crippen LogP contribution >= 0.6 is 50.5 Å². The first-order valence-electron chi connectivity index (χ1n) is 11.1. The molecule has 10 nitrogen and oxygen atoms in total. The van der Waals surface area contributed by atoms with Crippen LogP contribution in [-0.2, 0) is 0 Å². The zero-order chi connectivity index (χ0) is 27.8. The summed E-state index contributed by atoms with van der Waals surface area (Å²) in [7, 11) is 0. The number of nitrogens with zero attached hydrogens (tertiary/aromatic N) is 5. The number of hydrogen-bond acceptors (Lipinski definition) is 8. The maximum atomic E-state index is 14.0. The molecule has 5 rings (SSSR count). The second kappa shape index (κ2) is 10.7. The molecule has 0 atom stereocenters. The van der Waals surface area contributed by atoms with Crippen molar-refractivity contribution in [2.45, 2.75) is 6.92 Å². The molecule has 5 N–H and O–H groups in total. The predicted molar refractivity (Wildman–Crippen MR) is 155 cm³/mol. The van der Waals surface area contributed by atoms with Crippen LogP contribution in [0.1, 0.15) is 26.3 Å². The third-order valence-corrected chi connectivity index (χ3v) is 7.35. The van der Waals surface area contributed by atoms with E-state index in [1.54, 1.807) is 55.6 Å². The van der Waals surface area contributed by atoms with Gasteiger partial charge in [-0.3, -0.25) is 9.59 Å². The van der Waals surface area contributed by atoms with Crippen LogP contribution in [0.4, 0.5) is 10.8 Å². The first-order chi connectivity index (χ1) is 18.6. The number of nitrogens with one attached hydrogen (secondary N) is 1. The zero-order valence-corrected chi connectivity index (χ0v) is 23.9. The van der Waals surface area contributed by atoms with Crippen molar-refractivity contribution >= 4 is 73.1 Å². The monoisotopic (exact) mass is 642 g/mol. The Morgan fingerprint density at radius 2 is 1.87 bits per heavy atom. The first kappa shape index (κ1) is 26.8. The summed E-state index contributed by atoms with van der Waals surface area (Å²) in [6.07, 6.45) is 1.57. The molecule has 5 aromatic rings. The molecule has 39 heavy (non-hydrogen) atoms. The second-order valence-electron chi connectivity index (χ2n) is 8.21. The quantitative estimate of drug-likeness (QED) is 0.212. The van der Waals surface area contributed by atoms with E-state index in [4.69, 9.17) is 34.7 Å². The minimum Gasteiger partial charge on any atom is -0.374 e. The minimum absolute atomic E-state index is 0.00863. The molecule has 0 radical (unpaired) electrons. The van der Waals surface area contributed by atoms with Gasteiger partial charge in [0.25, 0.3) is 5.91 Å². The van der Waals surface area contributed by atoms with Gasteiger partial charge in [0.2, 0.25) is 11.0 Å². The van der Waals surface area contributed by atoms with Crippen LogP contribution < -0.4 is 16.8 Å². The van der Waals surface area contributed by atoms with Gasteiger partial charge >= 0.3 is 0 Å². The largest absolute Gasteiger partial charge is 0.374 e. The summed E-state index contributed by atoms with van der Waals surface area (Å²) in [5.41, 5.74) is 14.0. The summed E-state index contributed by atoms with van der Waals surface area (Å²) < 4.78 is 1.94. The van der Waals surface area contributed by atoms with Crippen LogP contribution in [0.5, 0.6) is 0 Å². The number of pyridine rings is 1. The molecular weight excluding hydrogens is 627 g/mol. The maximum Gasteiger partial charge on any atom is 0.257 e. The van der Waals surface area contributed by atoms with Crippen molar-refractivity contribution in [3.8, 4) is 27.6 Å². The highest BCUT2D eigenvalue weighted by atomic mass is 79.9. The summed E-state index contributed by atoms with van der Waals surface area (Å²) in [5.74, 6) is -1.05. The first-order valence-corrected chi connectivity index (χ1v) is 13.5. The summed E-state index contributed by atoms with van der Waals surface area (Å²) in [6, 6.07) is 13.2. The van der Waals surface area contributed by atoms with Gasteiger partial charge in [-0.15, -0.1) is 10.2 Å². The Kier molecular flexibility index (Phi) is 7.36. The fourth-order valence-electron chi connectivity index (χ4n) is 4.05. The molecule has 14 heteroatoms. The van der Waals surface area contributed by atoms with Crippen LogP contribution in [-0.4, -0.2) is 36.8 Å². The van der Waals surface area contributed by atoms with E-state index in [9.17, 15) is 9.59 Å². The molecule has 0 saturated carbocycles. The molecule has 0 fully saturated rings. The van der Waals surface area contributed by atoms with Crippen molar-refractivity contribution in [3.05, 3.63) is 86.1 Å². The standard InChI is InChI=1S/C25H17BrCl2N8O2S/c1-11-8-12(27)9-15(24-33-34-25(30)39-24)20(11)32-23(38)19-13(4-2-5-14(19)21(29)37)17-10-18(26)35-36(17)22-16(28)6-3-7-31-22/h2-10H,1H3,(H2,29,37)(H2,30,34)(H,32,38). The average Bonchev–Trinajstić information content (AvgIpc) is 3.50. The van der Waals surface area contributed by atoms with Crippen LogP contribution in [0.2, 0.25) is 10.0 Å². The lowest BCUT2D eigenvalue weighted by Crippen LogP contribution is -2.22. The van der Waals surface area contributed by atoms with Gasteiger partial charge in [-0.25, -0.2) is 9.67 Å². The average molecular weight is 644 g/mol. The number of benzene rings is 2. The number of hydrogen-bond donors (Lipinski definition) is 3. The van der Waals surface area contributed by atoms with Crippen molar-refractivity contribution in [1.29, 1.82) is 0 Å². The normalized spacial score (nSPS) is 11.0. The highest BCUT2D eigenvalue weighted by Crippen LogP contribution is 2.38. The van der Waals surface area contributed by atoms with Crippen LogP contribution in [0.25, 0.3) is 27.6 Å². The lowest BCUT2D eigenvalue weighted by molar-refractivity contribution is 0.0977. The number of anilines is 2.